The second kappa shape index (κ2) is 6.89. The number of hydrogen-bond donors (Lipinski definition) is 1. The van der Waals surface area contributed by atoms with Gasteiger partial charge in [0.05, 0.1) is 10.7 Å². The van der Waals surface area contributed by atoms with Crippen LogP contribution in [0.25, 0.3) is 5.69 Å². The first-order chi connectivity index (χ1) is 11.6. The summed E-state index contributed by atoms with van der Waals surface area (Å²) in [4.78, 5) is 24.2. The van der Waals surface area contributed by atoms with E-state index < -0.39 is 34.6 Å². The first-order valence-corrected chi connectivity index (χ1v) is 7.18. The van der Waals surface area contributed by atoms with Crippen molar-refractivity contribution in [3.63, 3.8) is 0 Å². The fourth-order valence-corrected chi connectivity index (χ4v) is 2.29. The molecule has 136 valence electrons. The third kappa shape index (κ3) is 3.69. The lowest BCUT2D eigenvalue weighted by Crippen LogP contribution is -2.41. The highest BCUT2D eigenvalue weighted by molar-refractivity contribution is 6.32. The molecule has 0 aliphatic heterocycles. The fourth-order valence-electron chi connectivity index (χ4n) is 2.09. The van der Waals surface area contributed by atoms with E-state index in [-0.39, 0.29) is 39.1 Å². The average Bonchev–Trinajstić information content (AvgIpc) is 2.50. The van der Waals surface area contributed by atoms with Gasteiger partial charge in [-0.25, -0.2) is 13.8 Å². The minimum atomic E-state index is -4.92. The van der Waals surface area contributed by atoms with Crippen LogP contribution in [0.3, 0.4) is 0 Å². The molecule has 11 heteroatoms. The van der Waals surface area contributed by atoms with Crippen molar-refractivity contribution in [2.24, 2.45) is 12.8 Å². The molecule has 0 saturated carbocycles. The largest absolute Gasteiger partial charge is 0.491 e. The van der Waals surface area contributed by atoms with Gasteiger partial charge in [0.1, 0.15) is 23.9 Å². The molecule has 0 amide bonds. The van der Waals surface area contributed by atoms with Crippen molar-refractivity contribution in [3.05, 3.63) is 55.6 Å². The number of ether oxygens (including phenoxy) is 1. The van der Waals surface area contributed by atoms with Crippen LogP contribution in [-0.4, -0.2) is 22.3 Å². The van der Waals surface area contributed by atoms with Crippen LogP contribution in [0.2, 0.25) is 5.02 Å². The second-order valence-corrected chi connectivity index (χ2v) is 5.32. The van der Waals surface area contributed by atoms with E-state index in [1.54, 1.807) is 0 Å². The van der Waals surface area contributed by atoms with Gasteiger partial charge < -0.3 is 10.5 Å². The average molecular weight is 382 g/mol. The van der Waals surface area contributed by atoms with Crippen LogP contribution in [0.5, 0.6) is 5.75 Å². The quantitative estimate of drug-likeness (QED) is 0.817. The molecule has 1 heterocycles. The van der Waals surface area contributed by atoms with Gasteiger partial charge in [-0.3, -0.25) is 9.36 Å². The minimum absolute atomic E-state index is 0.0186. The zero-order valence-electron chi connectivity index (χ0n) is 12.7. The predicted octanol–water partition coefficient (Wildman–Crippen LogP) is 1.68. The zero-order chi connectivity index (χ0) is 18.9. The van der Waals surface area contributed by atoms with Crippen LogP contribution in [0, 0.1) is 5.82 Å². The molecular weight excluding hydrogens is 370 g/mol. The Bertz CT molecular complexity index is 921. The van der Waals surface area contributed by atoms with Crippen LogP contribution in [0.1, 0.15) is 5.69 Å². The molecule has 1 aromatic heterocycles. The number of nitrogens with zero attached hydrogens (tertiary/aromatic N) is 2. The topological polar surface area (TPSA) is 79.2 Å². The van der Waals surface area contributed by atoms with Gasteiger partial charge >= 0.3 is 11.9 Å². The molecule has 0 saturated heterocycles. The number of rotatable bonds is 4. The van der Waals surface area contributed by atoms with Crippen molar-refractivity contribution >= 4 is 11.6 Å². The molecule has 2 N–H and O–H groups in total. The van der Waals surface area contributed by atoms with Crippen LogP contribution in [-0.2, 0) is 13.2 Å². The molecule has 1 aromatic carbocycles. The van der Waals surface area contributed by atoms with Crippen LogP contribution >= 0.6 is 11.6 Å². The first-order valence-electron chi connectivity index (χ1n) is 6.80. The Morgan fingerprint density at radius 1 is 1.24 bits per heavy atom. The molecule has 0 unspecified atom stereocenters. The first kappa shape index (κ1) is 19.0. The Morgan fingerprint density at radius 2 is 1.88 bits per heavy atom. The maximum atomic E-state index is 14.2. The molecule has 0 aliphatic rings. The molecule has 2 rings (SSSR count). The molecule has 0 spiro atoms. The summed E-state index contributed by atoms with van der Waals surface area (Å²) in [5.74, 6) is -1.15. The fraction of sp³-hybridized carbons (Fsp3) is 0.286. The Hall–Kier alpha value is -2.33. The van der Waals surface area contributed by atoms with Crippen molar-refractivity contribution in [2.45, 2.75) is 6.18 Å². The molecule has 0 aliphatic carbocycles. The van der Waals surface area contributed by atoms with E-state index in [1.807, 2.05) is 0 Å². The molecule has 0 atom stereocenters. The van der Waals surface area contributed by atoms with Gasteiger partial charge in [-0.2, -0.15) is 13.2 Å². The smallest absolute Gasteiger partial charge is 0.431 e. The van der Waals surface area contributed by atoms with E-state index >= 15 is 0 Å². The highest BCUT2D eigenvalue weighted by atomic mass is 35.5. The third-order valence-electron chi connectivity index (χ3n) is 3.23. The summed E-state index contributed by atoms with van der Waals surface area (Å²) in [5.41, 5.74) is 0.520. The van der Waals surface area contributed by atoms with E-state index in [4.69, 9.17) is 22.1 Å². The Balaban J connectivity index is 2.73. The lowest BCUT2D eigenvalue weighted by Gasteiger charge is -2.15. The van der Waals surface area contributed by atoms with Gasteiger partial charge in [-0.15, -0.1) is 0 Å². The van der Waals surface area contributed by atoms with Gasteiger partial charge in [0.25, 0.3) is 5.56 Å². The van der Waals surface area contributed by atoms with E-state index in [0.717, 1.165) is 19.2 Å². The normalized spacial score (nSPS) is 11.6. The van der Waals surface area contributed by atoms with E-state index in [9.17, 15) is 27.2 Å². The highest BCUT2D eigenvalue weighted by Gasteiger charge is 2.35. The summed E-state index contributed by atoms with van der Waals surface area (Å²) in [5, 5.41) is -0.147. The van der Waals surface area contributed by atoms with Crippen LogP contribution in [0.4, 0.5) is 17.6 Å². The van der Waals surface area contributed by atoms with Crippen LogP contribution in [0.15, 0.2) is 27.8 Å². The molecule has 0 fully saturated rings. The van der Waals surface area contributed by atoms with Gasteiger partial charge in [0.2, 0.25) is 0 Å². The predicted molar refractivity (Wildman–Crippen MR) is 81.8 cm³/mol. The number of halogens is 5. The Morgan fingerprint density at radius 3 is 2.44 bits per heavy atom. The molecular formula is C14H12ClF4N3O3. The van der Waals surface area contributed by atoms with E-state index in [1.165, 1.54) is 0 Å². The van der Waals surface area contributed by atoms with Crippen molar-refractivity contribution in [2.75, 3.05) is 13.2 Å². The summed E-state index contributed by atoms with van der Waals surface area (Å²) in [6.07, 6.45) is -4.92. The summed E-state index contributed by atoms with van der Waals surface area (Å²) in [6, 6.07) is 1.94. The summed E-state index contributed by atoms with van der Waals surface area (Å²) < 4.78 is 58.3. The number of alkyl halides is 3. The third-order valence-corrected chi connectivity index (χ3v) is 3.52. The molecule has 6 nitrogen and oxygen atoms in total. The molecule has 25 heavy (non-hydrogen) atoms. The zero-order valence-corrected chi connectivity index (χ0v) is 13.5. The SMILES string of the molecule is Cn1c(C(F)(F)F)cc(=O)n(-c2cc(OCCN)c(Cl)cc2F)c1=O. The van der Waals surface area contributed by atoms with Gasteiger partial charge in [-0.05, 0) is 6.07 Å². The summed E-state index contributed by atoms with van der Waals surface area (Å²) >= 11 is 5.80. The van der Waals surface area contributed by atoms with Crippen molar-refractivity contribution in [3.8, 4) is 11.4 Å². The summed E-state index contributed by atoms with van der Waals surface area (Å²) in [7, 11) is 0.820. The van der Waals surface area contributed by atoms with Crippen molar-refractivity contribution < 1.29 is 22.3 Å². The monoisotopic (exact) mass is 381 g/mol. The highest BCUT2D eigenvalue weighted by Crippen LogP contribution is 2.30. The number of hydrogen-bond acceptors (Lipinski definition) is 4. The van der Waals surface area contributed by atoms with Gasteiger partial charge in [0, 0.05) is 25.7 Å². The van der Waals surface area contributed by atoms with Crippen LogP contribution < -0.4 is 21.7 Å². The Kier molecular flexibility index (Phi) is 5.23. The van der Waals surface area contributed by atoms with E-state index in [2.05, 4.69) is 0 Å². The lowest BCUT2D eigenvalue weighted by molar-refractivity contribution is -0.144. The number of nitrogens with two attached hydrogens (primary N) is 1. The van der Waals surface area contributed by atoms with Crippen molar-refractivity contribution in [1.82, 2.24) is 9.13 Å². The molecule has 0 bridgehead atoms. The maximum Gasteiger partial charge on any atom is 0.431 e. The number of benzene rings is 1. The lowest BCUT2D eigenvalue weighted by atomic mass is 10.2. The minimum Gasteiger partial charge on any atom is -0.491 e. The standard InChI is InChI=1S/C14H12ClF4N3O3/c1-21-11(14(17,18)19)6-12(23)22(13(21)24)9-5-10(25-3-2-20)7(15)4-8(9)16/h4-6H,2-3,20H2,1H3. The summed E-state index contributed by atoms with van der Waals surface area (Å²) in [6.45, 7) is 0.135. The maximum absolute atomic E-state index is 14.2. The molecule has 2 aromatic rings. The van der Waals surface area contributed by atoms with E-state index in [0.29, 0.717) is 0 Å². The molecule has 0 radical (unpaired) electrons. The Labute approximate surface area is 143 Å². The number of aromatic nitrogens is 2. The van der Waals surface area contributed by atoms with Gasteiger partial charge in [-0.1, -0.05) is 11.6 Å². The second-order valence-electron chi connectivity index (χ2n) is 4.91. The van der Waals surface area contributed by atoms with Crippen molar-refractivity contribution in [1.29, 1.82) is 0 Å². The van der Waals surface area contributed by atoms with Gasteiger partial charge in [0.15, 0.2) is 0 Å².